The quantitative estimate of drug-likeness (QED) is 0.787. The lowest BCUT2D eigenvalue weighted by Crippen LogP contribution is -2.31. The zero-order chi connectivity index (χ0) is 16.4. The Labute approximate surface area is 140 Å². The number of nitrogens with one attached hydrogen (secondary N) is 1. The highest BCUT2D eigenvalue weighted by Gasteiger charge is 2.22. The molecule has 0 saturated carbocycles. The average Bonchev–Trinajstić information content (AvgIpc) is 2.96. The lowest BCUT2D eigenvalue weighted by molar-refractivity contribution is 0.0761. The molecule has 1 aliphatic heterocycles. The van der Waals surface area contributed by atoms with Crippen molar-refractivity contribution in [1.29, 1.82) is 0 Å². The van der Waals surface area contributed by atoms with Crippen molar-refractivity contribution >= 4 is 16.9 Å². The Hall–Kier alpha value is -2.69. The van der Waals surface area contributed by atoms with Gasteiger partial charge in [-0.2, -0.15) is 15.4 Å². The second kappa shape index (κ2) is 6.43. The van der Waals surface area contributed by atoms with Crippen LogP contribution in [0.15, 0.2) is 48.5 Å². The molecule has 122 valence electrons. The van der Waals surface area contributed by atoms with E-state index >= 15 is 0 Å². The van der Waals surface area contributed by atoms with Gasteiger partial charge in [0.2, 0.25) is 0 Å². The van der Waals surface area contributed by atoms with Crippen molar-refractivity contribution in [3.05, 3.63) is 59.7 Å². The number of aromatic nitrogens is 3. The van der Waals surface area contributed by atoms with Crippen molar-refractivity contribution in [3.63, 3.8) is 0 Å². The fraction of sp³-hybridized carbons (Fsp3) is 0.316. The summed E-state index contributed by atoms with van der Waals surface area (Å²) in [6.07, 6.45) is 3.19. The van der Waals surface area contributed by atoms with E-state index < -0.39 is 0 Å². The van der Waals surface area contributed by atoms with Crippen LogP contribution < -0.4 is 0 Å². The van der Waals surface area contributed by atoms with E-state index in [2.05, 4.69) is 45.7 Å². The van der Waals surface area contributed by atoms with Gasteiger partial charge in [0.05, 0.1) is 0 Å². The van der Waals surface area contributed by atoms with Crippen LogP contribution >= 0.6 is 0 Å². The van der Waals surface area contributed by atoms with Gasteiger partial charge >= 0.3 is 0 Å². The maximum Gasteiger partial charge on any atom is 0.253 e. The SMILES string of the molecule is O=C(c1ccc2n[nH]nc2c1)N1CCC[C@@H](c2ccccc2)CC1. The van der Waals surface area contributed by atoms with Gasteiger partial charge in [0, 0.05) is 18.7 Å². The zero-order valence-electron chi connectivity index (χ0n) is 13.5. The highest BCUT2D eigenvalue weighted by molar-refractivity contribution is 5.97. The fourth-order valence-corrected chi connectivity index (χ4v) is 3.51. The third-order valence-electron chi connectivity index (χ3n) is 4.85. The first kappa shape index (κ1) is 14.9. The lowest BCUT2D eigenvalue weighted by atomic mass is 9.92. The molecule has 5 heteroatoms. The molecule has 1 aliphatic rings. The lowest BCUT2D eigenvalue weighted by Gasteiger charge is -2.21. The highest BCUT2D eigenvalue weighted by Crippen LogP contribution is 2.28. The third kappa shape index (κ3) is 2.89. The molecule has 1 amide bonds. The molecule has 3 aromatic rings. The topological polar surface area (TPSA) is 61.9 Å². The summed E-state index contributed by atoms with van der Waals surface area (Å²) in [5, 5.41) is 10.7. The minimum Gasteiger partial charge on any atom is -0.339 e. The molecule has 1 saturated heterocycles. The van der Waals surface area contributed by atoms with Gasteiger partial charge in [-0.25, -0.2) is 0 Å². The number of rotatable bonds is 2. The number of amides is 1. The van der Waals surface area contributed by atoms with Crippen LogP contribution in [0, 0.1) is 0 Å². The average molecular weight is 320 g/mol. The normalized spacial score (nSPS) is 18.5. The van der Waals surface area contributed by atoms with Crippen LogP contribution in [-0.2, 0) is 0 Å². The predicted octanol–water partition coefficient (Wildman–Crippen LogP) is 3.37. The Morgan fingerprint density at radius 3 is 2.71 bits per heavy atom. The first-order valence-corrected chi connectivity index (χ1v) is 8.46. The van der Waals surface area contributed by atoms with E-state index in [1.807, 2.05) is 23.1 Å². The van der Waals surface area contributed by atoms with Crippen molar-refractivity contribution in [2.24, 2.45) is 0 Å². The molecule has 0 radical (unpaired) electrons. The summed E-state index contributed by atoms with van der Waals surface area (Å²) in [4.78, 5) is 14.8. The highest BCUT2D eigenvalue weighted by atomic mass is 16.2. The van der Waals surface area contributed by atoms with Crippen molar-refractivity contribution in [3.8, 4) is 0 Å². The van der Waals surface area contributed by atoms with Gasteiger partial charge in [0.1, 0.15) is 11.0 Å². The van der Waals surface area contributed by atoms with Crippen LogP contribution in [0.4, 0.5) is 0 Å². The Bertz CT molecular complexity index is 843. The maximum atomic E-state index is 12.8. The van der Waals surface area contributed by atoms with Gasteiger partial charge in [-0.15, -0.1) is 0 Å². The molecule has 1 aromatic heterocycles. The number of aromatic amines is 1. The minimum atomic E-state index is 0.0913. The molecular weight excluding hydrogens is 300 g/mol. The maximum absolute atomic E-state index is 12.8. The zero-order valence-corrected chi connectivity index (χ0v) is 13.5. The number of H-pyrrole nitrogens is 1. The van der Waals surface area contributed by atoms with Gasteiger partial charge < -0.3 is 4.90 Å². The molecule has 0 unspecified atom stereocenters. The van der Waals surface area contributed by atoms with Crippen LogP contribution in [0.25, 0.3) is 11.0 Å². The van der Waals surface area contributed by atoms with Gasteiger partial charge in [0.15, 0.2) is 0 Å². The molecule has 0 aliphatic carbocycles. The van der Waals surface area contributed by atoms with Crippen molar-refractivity contribution in [2.75, 3.05) is 13.1 Å². The Balaban J connectivity index is 1.49. The molecular formula is C19H20N4O. The van der Waals surface area contributed by atoms with Gasteiger partial charge in [-0.3, -0.25) is 4.79 Å². The number of nitrogens with zero attached hydrogens (tertiary/aromatic N) is 3. The number of benzene rings is 2. The Morgan fingerprint density at radius 1 is 1.00 bits per heavy atom. The second-order valence-corrected chi connectivity index (χ2v) is 6.36. The summed E-state index contributed by atoms with van der Waals surface area (Å²) >= 11 is 0. The standard InChI is InChI=1S/C19H20N4O/c24-19(16-8-9-17-18(13-16)21-22-20-17)23-11-4-7-15(10-12-23)14-5-2-1-3-6-14/h1-3,5-6,8-9,13,15H,4,7,10-12H2,(H,20,21,22)/t15-/m1/s1. The van der Waals surface area contributed by atoms with E-state index in [4.69, 9.17) is 0 Å². The number of hydrogen-bond donors (Lipinski definition) is 1. The summed E-state index contributed by atoms with van der Waals surface area (Å²) in [7, 11) is 0. The van der Waals surface area contributed by atoms with Crippen molar-refractivity contribution < 1.29 is 4.79 Å². The first-order chi connectivity index (χ1) is 11.8. The van der Waals surface area contributed by atoms with E-state index in [0.717, 1.165) is 43.4 Å². The summed E-state index contributed by atoms with van der Waals surface area (Å²) in [5.41, 5.74) is 3.59. The molecule has 1 fully saturated rings. The van der Waals surface area contributed by atoms with Gasteiger partial charge in [-0.1, -0.05) is 30.3 Å². The van der Waals surface area contributed by atoms with Crippen molar-refractivity contribution in [2.45, 2.75) is 25.2 Å². The molecule has 5 nitrogen and oxygen atoms in total. The molecule has 24 heavy (non-hydrogen) atoms. The third-order valence-corrected chi connectivity index (χ3v) is 4.85. The van der Waals surface area contributed by atoms with E-state index in [0.29, 0.717) is 11.5 Å². The summed E-state index contributed by atoms with van der Waals surface area (Å²) in [6, 6.07) is 16.1. The molecule has 0 bridgehead atoms. The molecule has 1 atom stereocenters. The Morgan fingerprint density at radius 2 is 1.83 bits per heavy atom. The van der Waals surface area contributed by atoms with Gasteiger partial charge in [-0.05, 0) is 48.9 Å². The summed E-state index contributed by atoms with van der Waals surface area (Å²) < 4.78 is 0. The number of carbonyl (C=O) groups is 1. The molecule has 4 rings (SSSR count). The van der Waals surface area contributed by atoms with Crippen LogP contribution in [0.3, 0.4) is 0 Å². The first-order valence-electron chi connectivity index (χ1n) is 8.46. The van der Waals surface area contributed by atoms with Crippen LogP contribution in [0.1, 0.15) is 41.1 Å². The summed E-state index contributed by atoms with van der Waals surface area (Å²) in [5.74, 6) is 0.635. The van der Waals surface area contributed by atoms with E-state index in [1.165, 1.54) is 5.56 Å². The van der Waals surface area contributed by atoms with E-state index in [1.54, 1.807) is 0 Å². The predicted molar refractivity (Wildman–Crippen MR) is 92.8 cm³/mol. The fourth-order valence-electron chi connectivity index (χ4n) is 3.51. The number of hydrogen-bond acceptors (Lipinski definition) is 3. The second-order valence-electron chi connectivity index (χ2n) is 6.36. The van der Waals surface area contributed by atoms with E-state index in [-0.39, 0.29) is 5.91 Å². The number of fused-ring (bicyclic) bond motifs is 1. The smallest absolute Gasteiger partial charge is 0.253 e. The monoisotopic (exact) mass is 320 g/mol. The number of likely N-dealkylation sites (tertiary alicyclic amines) is 1. The largest absolute Gasteiger partial charge is 0.339 e. The van der Waals surface area contributed by atoms with Crippen molar-refractivity contribution in [1.82, 2.24) is 20.3 Å². The van der Waals surface area contributed by atoms with E-state index in [9.17, 15) is 4.79 Å². The van der Waals surface area contributed by atoms with Crippen LogP contribution in [0.5, 0.6) is 0 Å². The Kier molecular flexibility index (Phi) is 3.99. The van der Waals surface area contributed by atoms with Crippen LogP contribution in [0.2, 0.25) is 0 Å². The molecule has 1 N–H and O–H groups in total. The van der Waals surface area contributed by atoms with Crippen LogP contribution in [-0.4, -0.2) is 39.3 Å². The van der Waals surface area contributed by atoms with Gasteiger partial charge in [0.25, 0.3) is 5.91 Å². The minimum absolute atomic E-state index is 0.0913. The summed E-state index contributed by atoms with van der Waals surface area (Å²) in [6.45, 7) is 1.62. The molecule has 2 heterocycles. The molecule has 2 aromatic carbocycles. The molecule has 0 spiro atoms. The number of carbonyl (C=O) groups excluding carboxylic acids is 1.